The molecule has 1 heterocycles. The van der Waals surface area contributed by atoms with Gasteiger partial charge >= 0.3 is 0 Å². The van der Waals surface area contributed by atoms with Crippen LogP contribution in [0.5, 0.6) is 0 Å². The molecule has 1 saturated carbocycles. The normalized spacial score (nSPS) is 30.2. The van der Waals surface area contributed by atoms with Crippen molar-refractivity contribution in [1.29, 1.82) is 0 Å². The maximum absolute atomic E-state index is 13.2. The molecule has 2 nitrogen and oxygen atoms in total. The van der Waals surface area contributed by atoms with Gasteiger partial charge in [-0.3, -0.25) is 0 Å². The summed E-state index contributed by atoms with van der Waals surface area (Å²) in [6.45, 7) is 2.08. The van der Waals surface area contributed by atoms with E-state index in [2.05, 4.69) is 0 Å². The summed E-state index contributed by atoms with van der Waals surface area (Å²) in [5.41, 5.74) is 5.84. The molecule has 0 aromatic heterocycles. The number of hydrogen-bond donors (Lipinski definition) is 1. The number of hydrogen-bond acceptors (Lipinski definition) is 2. The number of halogens is 2. The van der Waals surface area contributed by atoms with Gasteiger partial charge < -0.3 is 10.5 Å². The first kappa shape index (κ1) is 12.2. The Hall–Kier alpha value is -0.220. The SMILES string of the molecule is NCC1(C2CCOCC2)CCC(F)(F)CC1. The van der Waals surface area contributed by atoms with Gasteiger partial charge in [0.2, 0.25) is 5.92 Å². The van der Waals surface area contributed by atoms with Crippen molar-refractivity contribution in [3.05, 3.63) is 0 Å². The maximum atomic E-state index is 13.2. The number of rotatable bonds is 2. The van der Waals surface area contributed by atoms with Gasteiger partial charge in [0.25, 0.3) is 0 Å². The zero-order valence-corrected chi connectivity index (χ0v) is 9.68. The summed E-state index contributed by atoms with van der Waals surface area (Å²) < 4.78 is 31.7. The van der Waals surface area contributed by atoms with Crippen molar-refractivity contribution in [1.82, 2.24) is 0 Å². The molecule has 1 saturated heterocycles. The van der Waals surface area contributed by atoms with E-state index in [9.17, 15) is 8.78 Å². The molecular formula is C12H21F2NO. The third-order valence-electron chi connectivity index (χ3n) is 4.47. The molecular weight excluding hydrogens is 212 g/mol. The number of ether oxygens (including phenoxy) is 1. The van der Waals surface area contributed by atoms with Gasteiger partial charge in [-0.25, -0.2) is 8.78 Å². The summed E-state index contributed by atoms with van der Waals surface area (Å²) in [6.07, 6.45) is 3.18. The summed E-state index contributed by atoms with van der Waals surface area (Å²) in [5.74, 6) is -1.97. The molecule has 2 N–H and O–H groups in total. The van der Waals surface area contributed by atoms with E-state index in [1.165, 1.54) is 0 Å². The molecule has 0 atom stereocenters. The van der Waals surface area contributed by atoms with Crippen molar-refractivity contribution >= 4 is 0 Å². The van der Waals surface area contributed by atoms with E-state index >= 15 is 0 Å². The van der Waals surface area contributed by atoms with Crippen molar-refractivity contribution in [2.24, 2.45) is 17.1 Å². The van der Waals surface area contributed by atoms with Gasteiger partial charge in [-0.1, -0.05) is 0 Å². The van der Waals surface area contributed by atoms with Crippen molar-refractivity contribution < 1.29 is 13.5 Å². The Bertz CT molecular complexity index is 229. The quantitative estimate of drug-likeness (QED) is 0.795. The molecule has 16 heavy (non-hydrogen) atoms. The van der Waals surface area contributed by atoms with Gasteiger partial charge in [0.1, 0.15) is 0 Å². The summed E-state index contributed by atoms with van der Waals surface area (Å²) in [7, 11) is 0. The Balaban J connectivity index is 2.02. The number of alkyl halides is 2. The third kappa shape index (κ3) is 2.38. The van der Waals surface area contributed by atoms with Crippen molar-refractivity contribution in [3.63, 3.8) is 0 Å². The van der Waals surface area contributed by atoms with Crippen molar-refractivity contribution in [2.45, 2.75) is 44.4 Å². The van der Waals surface area contributed by atoms with Crippen LogP contribution >= 0.6 is 0 Å². The van der Waals surface area contributed by atoms with Crippen LogP contribution in [0.4, 0.5) is 8.78 Å². The third-order valence-corrected chi connectivity index (χ3v) is 4.47. The Labute approximate surface area is 95.5 Å². The minimum Gasteiger partial charge on any atom is -0.381 e. The molecule has 1 aliphatic heterocycles. The highest BCUT2D eigenvalue weighted by atomic mass is 19.3. The second-order valence-electron chi connectivity index (χ2n) is 5.31. The molecule has 0 bridgehead atoms. The molecule has 1 aliphatic carbocycles. The lowest BCUT2D eigenvalue weighted by molar-refractivity contribution is -0.0916. The fourth-order valence-electron chi connectivity index (χ4n) is 3.20. The molecule has 0 radical (unpaired) electrons. The first-order valence-corrected chi connectivity index (χ1v) is 6.24. The summed E-state index contributed by atoms with van der Waals surface area (Å²) in [4.78, 5) is 0. The maximum Gasteiger partial charge on any atom is 0.248 e. The van der Waals surface area contributed by atoms with Gasteiger partial charge in [-0.2, -0.15) is 0 Å². The first-order valence-electron chi connectivity index (χ1n) is 6.24. The van der Waals surface area contributed by atoms with Crippen LogP contribution in [0, 0.1) is 11.3 Å². The van der Waals surface area contributed by atoms with Gasteiger partial charge in [0, 0.05) is 26.1 Å². The van der Waals surface area contributed by atoms with E-state index in [1.807, 2.05) is 0 Å². The minimum absolute atomic E-state index is 0.0154. The Kier molecular flexibility index (Phi) is 3.50. The molecule has 94 valence electrons. The minimum atomic E-state index is -2.45. The van der Waals surface area contributed by atoms with Gasteiger partial charge in [-0.15, -0.1) is 0 Å². The predicted molar refractivity (Wildman–Crippen MR) is 58.4 cm³/mol. The van der Waals surface area contributed by atoms with Crippen molar-refractivity contribution in [3.8, 4) is 0 Å². The molecule has 0 spiro atoms. The molecule has 2 aliphatic rings. The van der Waals surface area contributed by atoms with Crippen LogP contribution in [0.15, 0.2) is 0 Å². The zero-order valence-electron chi connectivity index (χ0n) is 9.68. The standard InChI is InChI=1S/C12H21F2NO/c13-12(14)5-3-11(9-15,4-6-12)10-1-7-16-8-2-10/h10H,1-9,15H2. The monoisotopic (exact) mass is 233 g/mol. The average molecular weight is 233 g/mol. The van der Waals surface area contributed by atoms with Crippen LogP contribution in [-0.2, 0) is 4.74 Å². The second kappa shape index (κ2) is 4.57. The first-order chi connectivity index (χ1) is 7.58. The van der Waals surface area contributed by atoms with Gasteiger partial charge in [0.05, 0.1) is 0 Å². The fraction of sp³-hybridized carbons (Fsp3) is 1.00. The summed E-state index contributed by atoms with van der Waals surface area (Å²) >= 11 is 0. The Morgan fingerprint density at radius 1 is 1.06 bits per heavy atom. The van der Waals surface area contributed by atoms with Gasteiger partial charge in [-0.05, 0) is 43.6 Å². The van der Waals surface area contributed by atoms with Crippen LogP contribution in [0.3, 0.4) is 0 Å². The van der Waals surface area contributed by atoms with Crippen LogP contribution in [-0.4, -0.2) is 25.7 Å². The summed E-state index contributed by atoms with van der Waals surface area (Å²) in [5, 5.41) is 0. The molecule has 0 aromatic rings. The van der Waals surface area contributed by atoms with Crippen LogP contribution in [0.2, 0.25) is 0 Å². The molecule has 2 rings (SSSR count). The van der Waals surface area contributed by atoms with Gasteiger partial charge in [0.15, 0.2) is 0 Å². The van der Waals surface area contributed by atoms with E-state index in [4.69, 9.17) is 10.5 Å². The highest BCUT2D eigenvalue weighted by Gasteiger charge is 2.46. The topological polar surface area (TPSA) is 35.2 Å². The molecule has 0 unspecified atom stereocenters. The van der Waals surface area contributed by atoms with E-state index in [0.717, 1.165) is 26.1 Å². The molecule has 2 fully saturated rings. The highest BCUT2D eigenvalue weighted by molar-refractivity contribution is 4.94. The average Bonchev–Trinajstić information content (AvgIpc) is 2.31. The van der Waals surface area contributed by atoms with E-state index in [1.54, 1.807) is 0 Å². The highest BCUT2D eigenvalue weighted by Crippen LogP contribution is 2.49. The smallest absolute Gasteiger partial charge is 0.248 e. The summed E-state index contributed by atoms with van der Waals surface area (Å²) in [6, 6.07) is 0. The molecule has 0 amide bonds. The zero-order chi connectivity index (χ0) is 11.6. The second-order valence-corrected chi connectivity index (χ2v) is 5.31. The largest absolute Gasteiger partial charge is 0.381 e. The van der Waals surface area contributed by atoms with E-state index < -0.39 is 5.92 Å². The Morgan fingerprint density at radius 2 is 1.62 bits per heavy atom. The molecule has 0 aromatic carbocycles. The van der Waals surface area contributed by atoms with Crippen LogP contribution in [0.1, 0.15) is 38.5 Å². The lowest BCUT2D eigenvalue weighted by Crippen LogP contribution is -2.45. The lowest BCUT2D eigenvalue weighted by atomic mass is 9.63. The van der Waals surface area contributed by atoms with E-state index in [-0.39, 0.29) is 18.3 Å². The fourth-order valence-corrected chi connectivity index (χ4v) is 3.20. The Morgan fingerprint density at radius 3 is 2.12 bits per heavy atom. The van der Waals surface area contributed by atoms with Crippen molar-refractivity contribution in [2.75, 3.05) is 19.8 Å². The predicted octanol–water partition coefficient (Wildman–Crippen LogP) is 2.57. The molecule has 4 heteroatoms. The lowest BCUT2D eigenvalue weighted by Gasteiger charge is -2.46. The van der Waals surface area contributed by atoms with Crippen LogP contribution in [0.25, 0.3) is 0 Å². The van der Waals surface area contributed by atoms with Crippen LogP contribution < -0.4 is 5.73 Å². The van der Waals surface area contributed by atoms with E-state index in [0.29, 0.717) is 25.3 Å². The number of nitrogens with two attached hydrogens (primary N) is 1.